The van der Waals surface area contributed by atoms with Gasteiger partial charge in [0.25, 0.3) is 5.91 Å². The first-order valence-electron chi connectivity index (χ1n) is 6.64. The highest BCUT2D eigenvalue weighted by molar-refractivity contribution is 7.99. The summed E-state index contributed by atoms with van der Waals surface area (Å²) in [6, 6.07) is 8.33. The molecule has 0 bridgehead atoms. The number of hydrogen-bond donors (Lipinski definition) is 1. The molecule has 1 N–H and O–H groups in total. The minimum Gasteiger partial charge on any atom is -0.480 e. The fourth-order valence-electron chi connectivity index (χ4n) is 2.48. The van der Waals surface area contributed by atoms with Crippen molar-refractivity contribution in [3.8, 4) is 0 Å². The molecule has 1 fully saturated rings. The van der Waals surface area contributed by atoms with Crippen LogP contribution < -0.4 is 0 Å². The van der Waals surface area contributed by atoms with Gasteiger partial charge >= 0.3 is 5.97 Å². The number of fused-ring (bicyclic) bond motifs is 1. The number of para-hydroxylation sites is 1. The minimum absolute atomic E-state index is 0.257. The van der Waals surface area contributed by atoms with Gasteiger partial charge in [-0.15, -0.1) is 0 Å². The zero-order valence-corrected chi connectivity index (χ0v) is 12.0. The number of aliphatic carboxylic acids is 1. The lowest BCUT2D eigenvalue weighted by Crippen LogP contribution is -2.50. The number of pyridine rings is 1. The largest absolute Gasteiger partial charge is 0.480 e. The van der Waals surface area contributed by atoms with Crippen LogP contribution in [0.3, 0.4) is 0 Å². The Hall–Kier alpha value is -2.08. The first-order valence-corrected chi connectivity index (χ1v) is 7.79. The molecule has 1 unspecified atom stereocenters. The van der Waals surface area contributed by atoms with Crippen LogP contribution in [0.25, 0.3) is 10.9 Å². The second-order valence-corrected chi connectivity index (χ2v) is 5.96. The van der Waals surface area contributed by atoms with Gasteiger partial charge < -0.3 is 10.0 Å². The molecule has 1 amide bonds. The molecule has 108 valence electrons. The summed E-state index contributed by atoms with van der Waals surface area (Å²) in [7, 11) is 0. The summed E-state index contributed by atoms with van der Waals surface area (Å²) < 4.78 is 0. The molecule has 1 aliphatic rings. The monoisotopic (exact) mass is 302 g/mol. The molecular formula is C15H14N2O3S. The van der Waals surface area contributed by atoms with Crippen molar-refractivity contribution in [3.63, 3.8) is 0 Å². The van der Waals surface area contributed by atoms with Crippen molar-refractivity contribution in [3.05, 3.63) is 42.1 Å². The van der Waals surface area contributed by atoms with Crippen molar-refractivity contribution in [2.75, 3.05) is 18.1 Å². The van der Waals surface area contributed by atoms with Gasteiger partial charge in [0, 0.05) is 29.6 Å². The predicted octanol–water partition coefficient (Wildman–Crippen LogP) is 1.88. The summed E-state index contributed by atoms with van der Waals surface area (Å²) in [6.07, 6.45) is 1.64. The van der Waals surface area contributed by atoms with Crippen molar-refractivity contribution in [1.29, 1.82) is 0 Å². The fraction of sp³-hybridized carbons (Fsp3) is 0.267. The SMILES string of the molecule is O=C(O)C1CSCCN1C(=O)c1cccc2cccnc12. The highest BCUT2D eigenvalue weighted by Gasteiger charge is 2.33. The number of rotatable bonds is 2. The van der Waals surface area contributed by atoms with E-state index in [0.717, 1.165) is 11.1 Å². The van der Waals surface area contributed by atoms with Crippen molar-refractivity contribution in [1.82, 2.24) is 9.88 Å². The third-order valence-corrected chi connectivity index (χ3v) is 4.56. The number of carboxylic acids is 1. The second kappa shape index (κ2) is 5.73. The Bertz CT molecular complexity index is 699. The summed E-state index contributed by atoms with van der Waals surface area (Å²) in [4.78, 5) is 29.8. The van der Waals surface area contributed by atoms with E-state index < -0.39 is 12.0 Å². The maximum Gasteiger partial charge on any atom is 0.327 e. The van der Waals surface area contributed by atoms with Gasteiger partial charge in [-0.25, -0.2) is 4.79 Å². The molecule has 1 atom stereocenters. The number of carbonyl (C=O) groups is 2. The highest BCUT2D eigenvalue weighted by Crippen LogP contribution is 2.23. The average Bonchev–Trinajstić information content (AvgIpc) is 2.53. The predicted molar refractivity (Wildman–Crippen MR) is 81.5 cm³/mol. The molecule has 1 aliphatic heterocycles. The molecule has 21 heavy (non-hydrogen) atoms. The summed E-state index contributed by atoms with van der Waals surface area (Å²) in [5.41, 5.74) is 1.08. The van der Waals surface area contributed by atoms with Gasteiger partial charge in [0.15, 0.2) is 0 Å². The number of carbonyl (C=O) groups excluding carboxylic acids is 1. The minimum atomic E-state index is -0.955. The van der Waals surface area contributed by atoms with E-state index in [9.17, 15) is 14.7 Å². The van der Waals surface area contributed by atoms with Crippen LogP contribution >= 0.6 is 11.8 Å². The van der Waals surface area contributed by atoms with E-state index in [1.807, 2.05) is 18.2 Å². The Labute approximate surface area is 126 Å². The molecule has 6 heteroatoms. The first-order chi connectivity index (χ1) is 10.2. The van der Waals surface area contributed by atoms with Gasteiger partial charge in [-0.1, -0.05) is 18.2 Å². The standard InChI is InChI=1S/C15H14N2O3S/c18-14(17-7-8-21-9-12(17)15(19)20)11-5-1-3-10-4-2-6-16-13(10)11/h1-6,12H,7-9H2,(H,19,20). The highest BCUT2D eigenvalue weighted by atomic mass is 32.2. The van der Waals surface area contributed by atoms with E-state index in [0.29, 0.717) is 23.4 Å². The van der Waals surface area contributed by atoms with E-state index in [1.165, 1.54) is 4.90 Å². The maximum atomic E-state index is 12.7. The topological polar surface area (TPSA) is 70.5 Å². The quantitative estimate of drug-likeness (QED) is 0.917. The molecule has 0 radical (unpaired) electrons. The van der Waals surface area contributed by atoms with Crippen molar-refractivity contribution in [2.45, 2.75) is 6.04 Å². The summed E-state index contributed by atoms with van der Waals surface area (Å²) in [6.45, 7) is 0.448. The fourth-order valence-corrected chi connectivity index (χ4v) is 3.52. The first kappa shape index (κ1) is 13.9. The van der Waals surface area contributed by atoms with Crippen LogP contribution in [-0.2, 0) is 4.79 Å². The van der Waals surface area contributed by atoms with E-state index in [4.69, 9.17) is 0 Å². The molecular weight excluding hydrogens is 288 g/mol. The Morgan fingerprint density at radius 3 is 2.90 bits per heavy atom. The number of aromatic nitrogens is 1. The lowest BCUT2D eigenvalue weighted by molar-refractivity contribution is -0.141. The number of benzene rings is 1. The summed E-state index contributed by atoms with van der Waals surface area (Å²) >= 11 is 1.56. The molecule has 2 aromatic rings. The molecule has 1 aromatic heterocycles. The smallest absolute Gasteiger partial charge is 0.327 e. The number of carboxylic acid groups (broad SMARTS) is 1. The van der Waals surface area contributed by atoms with Gasteiger partial charge in [0.1, 0.15) is 6.04 Å². The van der Waals surface area contributed by atoms with E-state index in [-0.39, 0.29) is 5.91 Å². The van der Waals surface area contributed by atoms with Crippen molar-refractivity contribution in [2.24, 2.45) is 0 Å². The molecule has 1 saturated heterocycles. The zero-order valence-electron chi connectivity index (χ0n) is 11.2. The molecule has 2 heterocycles. The van der Waals surface area contributed by atoms with Crippen molar-refractivity contribution < 1.29 is 14.7 Å². The molecule has 0 spiro atoms. The van der Waals surface area contributed by atoms with Crippen LogP contribution in [0.5, 0.6) is 0 Å². The lowest BCUT2D eigenvalue weighted by Gasteiger charge is -2.32. The second-order valence-electron chi connectivity index (χ2n) is 4.81. The summed E-state index contributed by atoms with van der Waals surface area (Å²) in [5.74, 6) is -0.0248. The van der Waals surface area contributed by atoms with Gasteiger partial charge in [-0.3, -0.25) is 9.78 Å². The van der Waals surface area contributed by atoms with E-state index in [1.54, 1.807) is 30.1 Å². The van der Waals surface area contributed by atoms with Crippen LogP contribution in [0.4, 0.5) is 0 Å². The van der Waals surface area contributed by atoms with Crippen LogP contribution in [0.15, 0.2) is 36.5 Å². The molecule has 3 rings (SSSR count). The summed E-state index contributed by atoms with van der Waals surface area (Å²) in [5, 5.41) is 10.2. The van der Waals surface area contributed by atoms with Crippen LogP contribution in [0, 0.1) is 0 Å². The van der Waals surface area contributed by atoms with Gasteiger partial charge in [-0.05, 0) is 12.1 Å². The lowest BCUT2D eigenvalue weighted by atomic mass is 10.1. The Balaban J connectivity index is 2.01. The normalized spacial score (nSPS) is 18.7. The number of nitrogens with zero attached hydrogens (tertiary/aromatic N) is 2. The Kier molecular flexibility index (Phi) is 3.79. The number of hydrogen-bond acceptors (Lipinski definition) is 4. The molecule has 0 aliphatic carbocycles. The average molecular weight is 302 g/mol. The molecule has 0 saturated carbocycles. The Morgan fingerprint density at radius 2 is 2.10 bits per heavy atom. The zero-order chi connectivity index (χ0) is 14.8. The Morgan fingerprint density at radius 1 is 1.29 bits per heavy atom. The third-order valence-electron chi connectivity index (χ3n) is 3.54. The van der Waals surface area contributed by atoms with Gasteiger partial charge in [0.05, 0.1) is 11.1 Å². The maximum absolute atomic E-state index is 12.7. The van der Waals surface area contributed by atoms with E-state index in [2.05, 4.69) is 4.98 Å². The van der Waals surface area contributed by atoms with Crippen LogP contribution in [0.2, 0.25) is 0 Å². The van der Waals surface area contributed by atoms with Crippen LogP contribution in [-0.4, -0.2) is 51.0 Å². The van der Waals surface area contributed by atoms with Gasteiger partial charge in [-0.2, -0.15) is 11.8 Å². The molecule has 5 nitrogen and oxygen atoms in total. The van der Waals surface area contributed by atoms with Gasteiger partial charge in [0.2, 0.25) is 0 Å². The van der Waals surface area contributed by atoms with Crippen LogP contribution in [0.1, 0.15) is 10.4 Å². The third kappa shape index (κ3) is 2.58. The van der Waals surface area contributed by atoms with Crippen molar-refractivity contribution >= 4 is 34.5 Å². The molecule has 1 aromatic carbocycles. The number of thioether (sulfide) groups is 1. The van der Waals surface area contributed by atoms with E-state index >= 15 is 0 Å². The number of amides is 1.